The summed E-state index contributed by atoms with van der Waals surface area (Å²) in [6, 6.07) is 25.2. The lowest BCUT2D eigenvalue weighted by molar-refractivity contribution is 0.0378. The molecule has 5 heterocycles. The number of carbonyl (C=O) groups excluding carboxylic acids is 2. The van der Waals surface area contributed by atoms with Crippen molar-refractivity contribution >= 4 is 56.8 Å². The highest BCUT2D eigenvalue weighted by Gasteiger charge is 2.26. The maximum Gasteiger partial charge on any atom is 0.251 e. The quantitative estimate of drug-likeness (QED) is 0.0612. The number of anilines is 2. The summed E-state index contributed by atoms with van der Waals surface area (Å²) < 4.78 is 78.9. The van der Waals surface area contributed by atoms with Crippen LogP contribution in [0.15, 0.2) is 109 Å². The number of morpholine rings is 1. The van der Waals surface area contributed by atoms with Gasteiger partial charge in [0.15, 0.2) is 46.2 Å². The van der Waals surface area contributed by atoms with Crippen LogP contribution < -0.4 is 21.3 Å². The van der Waals surface area contributed by atoms with Gasteiger partial charge in [0.2, 0.25) is 0 Å². The average Bonchev–Trinajstić information content (AvgIpc) is 4.32. The van der Waals surface area contributed by atoms with Gasteiger partial charge >= 0.3 is 0 Å². The molecule has 0 bridgehead atoms. The molecule has 2 amide bonds. The molecule has 73 heavy (non-hydrogen) atoms. The predicted molar refractivity (Wildman–Crippen MR) is 267 cm³/mol. The Bertz CT molecular complexity index is 3520. The van der Waals surface area contributed by atoms with E-state index in [4.69, 9.17) is 4.74 Å². The standard InChI is InChI=1S/C27H20F3N5O.C27H28F2N6O2/c28-18-7-1-15(2-8-18)13-31-25-26-32-14-24(35(26)23-12-21(30)20(29)11-22(23)34-25)16-3-5-17(6-4-16)27(36)33-19-9-10-19;28-20-14-22-23(15-21(20)29)35-24(17-2-4-18(5-3-17)27(36)32-19-6-7-19)16-31-26(35)25(33-22)30-8-1-9-34-10-12-37-13-11-34/h1-8,11-12,14,19H,9-10,13H2,(H,31,34)(H,33,36);2-5,14-16,19H,1,6-13H2,(H,30,33)(H,32,36). The SMILES string of the molecule is O=C(NC1CC1)c1ccc(-c2cnc3c(NCCCN4CCOCC4)nc4cc(F)c(F)cc4n23)cc1.O=C(NC1CC1)c1ccc(-c2cnc3c(NCc4ccc(F)cc4)nc4cc(F)c(F)cc4n23)cc1. The van der Waals surface area contributed by atoms with Crippen LogP contribution in [0.5, 0.6) is 0 Å². The van der Waals surface area contributed by atoms with Crippen molar-refractivity contribution < 1.29 is 36.3 Å². The van der Waals surface area contributed by atoms with Gasteiger partial charge in [-0.2, -0.15) is 0 Å². The van der Waals surface area contributed by atoms with E-state index < -0.39 is 23.3 Å². The van der Waals surface area contributed by atoms with Crippen LogP contribution in [0, 0.1) is 29.1 Å². The molecule has 0 unspecified atom stereocenters. The van der Waals surface area contributed by atoms with Gasteiger partial charge in [0.05, 0.1) is 59.1 Å². The minimum atomic E-state index is -1.01. The molecule has 14 nitrogen and oxygen atoms in total. The van der Waals surface area contributed by atoms with Crippen molar-refractivity contribution in [2.75, 3.05) is 50.0 Å². The molecule has 0 spiro atoms. The van der Waals surface area contributed by atoms with Crippen molar-refractivity contribution in [3.05, 3.63) is 155 Å². The number of hydrogen-bond acceptors (Lipinski definition) is 10. The van der Waals surface area contributed by atoms with E-state index in [0.717, 1.165) is 106 Å². The molecule has 5 aromatic carbocycles. The number of halogens is 5. The summed E-state index contributed by atoms with van der Waals surface area (Å²) in [5.41, 5.74) is 7.05. The fourth-order valence-corrected chi connectivity index (χ4v) is 8.80. The Morgan fingerprint density at radius 2 is 1.05 bits per heavy atom. The van der Waals surface area contributed by atoms with Crippen LogP contribution in [0.3, 0.4) is 0 Å². The molecule has 4 N–H and O–H groups in total. The van der Waals surface area contributed by atoms with Crippen LogP contribution in [-0.4, -0.2) is 96.9 Å². The van der Waals surface area contributed by atoms with Gasteiger partial charge in [-0.25, -0.2) is 41.9 Å². The third-order valence-corrected chi connectivity index (χ3v) is 13.1. The second-order valence-electron chi connectivity index (χ2n) is 18.4. The third-order valence-electron chi connectivity index (χ3n) is 13.1. The number of hydrogen-bond donors (Lipinski definition) is 4. The number of rotatable bonds is 14. The smallest absolute Gasteiger partial charge is 0.251 e. The number of aromatic nitrogens is 6. The number of imidazole rings is 2. The van der Waals surface area contributed by atoms with E-state index in [0.29, 0.717) is 75.1 Å². The van der Waals surface area contributed by atoms with Gasteiger partial charge in [0.1, 0.15) is 5.82 Å². The number of carbonyl (C=O) groups is 2. The van der Waals surface area contributed by atoms with Crippen molar-refractivity contribution in [2.24, 2.45) is 0 Å². The number of nitrogens with one attached hydrogen (secondary N) is 4. The third kappa shape index (κ3) is 10.4. The molecule has 19 heteroatoms. The Kier molecular flexibility index (Phi) is 13.1. The predicted octanol–water partition coefficient (Wildman–Crippen LogP) is 9.33. The number of nitrogens with zero attached hydrogens (tertiary/aromatic N) is 7. The van der Waals surface area contributed by atoms with Gasteiger partial charge in [-0.05, 0) is 80.6 Å². The monoisotopic (exact) mass is 993 g/mol. The van der Waals surface area contributed by atoms with Crippen molar-refractivity contribution in [1.29, 1.82) is 0 Å². The van der Waals surface area contributed by atoms with E-state index in [2.05, 4.69) is 46.1 Å². The molecular formula is C54H48F5N11O3. The molecule has 372 valence electrons. The molecule has 1 saturated heterocycles. The van der Waals surface area contributed by atoms with Crippen LogP contribution in [0.2, 0.25) is 0 Å². The van der Waals surface area contributed by atoms with E-state index in [1.807, 2.05) is 12.1 Å². The molecule has 2 saturated carbocycles. The highest BCUT2D eigenvalue weighted by Crippen LogP contribution is 2.32. The number of amides is 2. The summed E-state index contributed by atoms with van der Waals surface area (Å²) in [4.78, 5) is 45.3. The first-order valence-electron chi connectivity index (χ1n) is 24.2. The van der Waals surface area contributed by atoms with E-state index >= 15 is 0 Å². The topological polar surface area (TPSA) is 155 Å². The second kappa shape index (κ2) is 20.2. The highest BCUT2D eigenvalue weighted by atomic mass is 19.2. The zero-order valence-electron chi connectivity index (χ0n) is 39.3. The summed E-state index contributed by atoms with van der Waals surface area (Å²) in [7, 11) is 0. The van der Waals surface area contributed by atoms with Crippen LogP contribution in [0.1, 0.15) is 58.4 Å². The summed E-state index contributed by atoms with van der Waals surface area (Å²) in [5.74, 6) is -3.59. The normalized spacial score (nSPS) is 14.9. The van der Waals surface area contributed by atoms with Crippen LogP contribution in [-0.2, 0) is 11.3 Å². The van der Waals surface area contributed by atoms with Crippen molar-refractivity contribution in [2.45, 2.75) is 50.7 Å². The van der Waals surface area contributed by atoms with E-state index in [1.54, 1.807) is 69.7 Å². The summed E-state index contributed by atoms with van der Waals surface area (Å²) >= 11 is 0. The molecule has 12 rings (SSSR count). The number of benzene rings is 5. The highest BCUT2D eigenvalue weighted by molar-refractivity contribution is 5.96. The molecule has 3 fully saturated rings. The zero-order valence-corrected chi connectivity index (χ0v) is 39.3. The van der Waals surface area contributed by atoms with Gasteiger partial charge in [0.25, 0.3) is 11.8 Å². The fraction of sp³-hybridized carbons (Fsp3) is 0.259. The molecule has 2 aliphatic carbocycles. The van der Waals surface area contributed by atoms with Gasteiger partial charge in [0, 0.05) is 84.8 Å². The van der Waals surface area contributed by atoms with Crippen molar-refractivity contribution in [1.82, 2.24) is 44.3 Å². The van der Waals surface area contributed by atoms with E-state index in [-0.39, 0.29) is 35.2 Å². The van der Waals surface area contributed by atoms with Crippen molar-refractivity contribution in [3.8, 4) is 22.5 Å². The largest absolute Gasteiger partial charge is 0.379 e. The minimum Gasteiger partial charge on any atom is -0.379 e. The Morgan fingerprint density at radius 3 is 1.53 bits per heavy atom. The summed E-state index contributed by atoms with van der Waals surface area (Å²) in [6.45, 7) is 5.27. The molecule has 4 aromatic heterocycles. The van der Waals surface area contributed by atoms with Gasteiger partial charge < -0.3 is 26.0 Å². The summed E-state index contributed by atoms with van der Waals surface area (Å²) in [6.07, 6.45) is 8.25. The molecule has 9 aromatic rings. The van der Waals surface area contributed by atoms with Gasteiger partial charge in [-0.15, -0.1) is 0 Å². The number of fused-ring (bicyclic) bond motifs is 6. The summed E-state index contributed by atoms with van der Waals surface area (Å²) in [5, 5.41) is 12.5. The zero-order chi connectivity index (χ0) is 50.2. The second-order valence-corrected chi connectivity index (χ2v) is 18.4. The van der Waals surface area contributed by atoms with Gasteiger partial charge in [-0.3, -0.25) is 23.3 Å². The molecule has 1 aliphatic heterocycles. The first-order valence-corrected chi connectivity index (χ1v) is 24.2. The van der Waals surface area contributed by atoms with Gasteiger partial charge in [-0.1, -0.05) is 36.4 Å². The van der Waals surface area contributed by atoms with Crippen LogP contribution in [0.25, 0.3) is 55.9 Å². The molecule has 0 radical (unpaired) electrons. The maximum absolute atomic E-state index is 14.3. The van der Waals surface area contributed by atoms with Crippen molar-refractivity contribution in [3.63, 3.8) is 0 Å². The van der Waals surface area contributed by atoms with E-state index in [9.17, 15) is 31.5 Å². The first kappa shape index (κ1) is 47.3. The Hall–Kier alpha value is -8.03. The molecular weight excluding hydrogens is 946 g/mol. The van der Waals surface area contributed by atoms with Crippen LogP contribution >= 0.6 is 0 Å². The molecule has 3 aliphatic rings. The number of ether oxygens (including phenoxy) is 1. The molecule has 0 atom stereocenters. The lowest BCUT2D eigenvalue weighted by Crippen LogP contribution is -2.37. The Morgan fingerprint density at radius 1 is 0.589 bits per heavy atom. The average molecular weight is 994 g/mol. The van der Waals surface area contributed by atoms with E-state index in [1.165, 1.54) is 12.1 Å². The first-order chi connectivity index (χ1) is 35.5. The lowest BCUT2D eigenvalue weighted by Gasteiger charge is -2.26. The maximum atomic E-state index is 14.3. The Labute approximate surface area is 414 Å². The fourth-order valence-electron chi connectivity index (χ4n) is 8.80. The van der Waals surface area contributed by atoms with Crippen LogP contribution in [0.4, 0.5) is 33.6 Å². The minimum absolute atomic E-state index is 0.0945. The lowest BCUT2D eigenvalue weighted by atomic mass is 10.1. The Balaban J connectivity index is 0.000000157.